The van der Waals surface area contributed by atoms with Crippen LogP contribution in [0.25, 0.3) is 6.08 Å². The number of rotatable bonds is 8. The standard InChI is InChI=1S/C27H33ClFN5O3/c1-32(2)17-26(35)31-24-11-23(28)25(37-3)10-19(24)6-9-27(36)34-21-12-30-13-22(34)16-33(15-21)14-18-4-7-20(29)8-5-18/h4-11,21-22,30H,12-17H2,1-3H3,(H,31,35)/b9-6+. The zero-order valence-electron chi connectivity index (χ0n) is 21.3. The van der Waals surface area contributed by atoms with Crippen LogP contribution in [0.4, 0.5) is 10.1 Å². The molecule has 2 fully saturated rings. The molecule has 0 saturated carbocycles. The van der Waals surface area contributed by atoms with Crippen molar-refractivity contribution in [1.82, 2.24) is 20.0 Å². The molecule has 0 spiro atoms. The number of carbonyl (C=O) groups is 2. The number of carbonyl (C=O) groups excluding carboxylic acids is 2. The summed E-state index contributed by atoms with van der Waals surface area (Å²) in [5.74, 6) is -0.0666. The van der Waals surface area contributed by atoms with Crippen molar-refractivity contribution in [3.05, 3.63) is 64.4 Å². The molecule has 8 nitrogen and oxygen atoms in total. The molecule has 2 N–H and O–H groups in total. The van der Waals surface area contributed by atoms with Crippen molar-refractivity contribution >= 4 is 35.2 Å². The summed E-state index contributed by atoms with van der Waals surface area (Å²) in [4.78, 5) is 31.8. The van der Waals surface area contributed by atoms with Gasteiger partial charge >= 0.3 is 0 Å². The third-order valence-corrected chi connectivity index (χ3v) is 6.82. The molecule has 37 heavy (non-hydrogen) atoms. The van der Waals surface area contributed by atoms with Crippen molar-refractivity contribution in [3.63, 3.8) is 0 Å². The van der Waals surface area contributed by atoms with Crippen LogP contribution in [-0.2, 0) is 16.1 Å². The van der Waals surface area contributed by atoms with Gasteiger partial charge in [-0.1, -0.05) is 23.7 Å². The number of fused-ring (bicyclic) bond motifs is 2. The van der Waals surface area contributed by atoms with E-state index in [1.807, 2.05) is 19.0 Å². The predicted octanol–water partition coefficient (Wildman–Crippen LogP) is 2.69. The molecule has 2 amide bonds. The zero-order valence-corrected chi connectivity index (χ0v) is 22.1. The molecule has 2 bridgehead atoms. The van der Waals surface area contributed by atoms with Crippen molar-refractivity contribution in [2.45, 2.75) is 18.6 Å². The van der Waals surface area contributed by atoms with Gasteiger partial charge < -0.3 is 25.2 Å². The van der Waals surface area contributed by atoms with E-state index >= 15 is 0 Å². The first-order valence-corrected chi connectivity index (χ1v) is 12.6. The second-order valence-corrected chi connectivity index (χ2v) is 10.1. The molecular weight excluding hydrogens is 497 g/mol. The van der Waals surface area contributed by atoms with E-state index in [1.165, 1.54) is 19.2 Å². The number of hydrogen-bond donors (Lipinski definition) is 2. The number of nitrogens with one attached hydrogen (secondary N) is 2. The number of methoxy groups -OCH3 is 1. The lowest BCUT2D eigenvalue weighted by Gasteiger charge is -2.50. The fourth-order valence-electron chi connectivity index (χ4n) is 4.92. The van der Waals surface area contributed by atoms with E-state index in [0.717, 1.165) is 18.7 Å². The molecule has 2 aromatic carbocycles. The van der Waals surface area contributed by atoms with Gasteiger partial charge in [0.2, 0.25) is 11.8 Å². The Hall–Kier alpha value is -2.98. The maximum Gasteiger partial charge on any atom is 0.247 e. The summed E-state index contributed by atoms with van der Waals surface area (Å²) in [7, 11) is 5.14. The van der Waals surface area contributed by atoms with E-state index in [2.05, 4.69) is 15.5 Å². The average Bonchev–Trinajstić information content (AvgIpc) is 2.83. The monoisotopic (exact) mass is 529 g/mol. The van der Waals surface area contributed by atoms with Crippen LogP contribution in [-0.4, -0.2) is 92.5 Å². The number of likely N-dealkylation sites (N-methyl/N-ethyl adjacent to an activating group) is 1. The highest BCUT2D eigenvalue weighted by molar-refractivity contribution is 6.32. The van der Waals surface area contributed by atoms with Gasteiger partial charge in [-0.25, -0.2) is 4.39 Å². The number of piperazine rings is 2. The highest BCUT2D eigenvalue weighted by Crippen LogP contribution is 2.32. The minimum atomic E-state index is -0.245. The molecular formula is C27H33ClFN5O3. The highest BCUT2D eigenvalue weighted by atomic mass is 35.5. The lowest BCUT2D eigenvalue weighted by Crippen LogP contribution is -2.68. The zero-order chi connectivity index (χ0) is 26.5. The lowest BCUT2D eigenvalue weighted by molar-refractivity contribution is -0.136. The number of ether oxygens (including phenoxy) is 1. The summed E-state index contributed by atoms with van der Waals surface area (Å²) >= 11 is 6.30. The smallest absolute Gasteiger partial charge is 0.247 e. The molecule has 4 rings (SSSR count). The summed E-state index contributed by atoms with van der Waals surface area (Å²) in [6.07, 6.45) is 3.24. The molecule has 2 atom stereocenters. The summed E-state index contributed by atoms with van der Waals surface area (Å²) in [6.45, 7) is 3.78. The van der Waals surface area contributed by atoms with Gasteiger partial charge in [-0.15, -0.1) is 0 Å². The number of hydrogen-bond acceptors (Lipinski definition) is 6. The van der Waals surface area contributed by atoms with Gasteiger partial charge in [-0.2, -0.15) is 0 Å². The van der Waals surface area contributed by atoms with Crippen LogP contribution in [0.5, 0.6) is 5.75 Å². The molecule has 0 radical (unpaired) electrons. The van der Waals surface area contributed by atoms with Crippen molar-refractivity contribution in [2.75, 3.05) is 59.2 Å². The normalized spacial score (nSPS) is 19.9. The fourth-order valence-corrected chi connectivity index (χ4v) is 5.16. The van der Waals surface area contributed by atoms with E-state index in [-0.39, 0.29) is 36.3 Å². The van der Waals surface area contributed by atoms with Crippen LogP contribution in [0.2, 0.25) is 5.02 Å². The van der Waals surface area contributed by atoms with Crippen molar-refractivity contribution in [2.24, 2.45) is 0 Å². The molecule has 2 saturated heterocycles. The second-order valence-electron chi connectivity index (χ2n) is 9.73. The first-order valence-electron chi connectivity index (χ1n) is 12.2. The molecule has 0 aliphatic carbocycles. The fraction of sp³-hybridized carbons (Fsp3) is 0.407. The minimum absolute atomic E-state index is 0.0177. The minimum Gasteiger partial charge on any atom is -0.495 e. The third kappa shape index (κ3) is 6.87. The van der Waals surface area contributed by atoms with Gasteiger partial charge in [-0.05, 0) is 50.0 Å². The van der Waals surface area contributed by atoms with Gasteiger partial charge in [0.25, 0.3) is 0 Å². The second kappa shape index (κ2) is 12.0. The van der Waals surface area contributed by atoms with Crippen molar-refractivity contribution in [1.29, 1.82) is 0 Å². The Morgan fingerprint density at radius 2 is 1.86 bits per heavy atom. The maximum absolute atomic E-state index is 13.4. The van der Waals surface area contributed by atoms with Gasteiger partial charge in [0.1, 0.15) is 11.6 Å². The Morgan fingerprint density at radius 1 is 1.19 bits per heavy atom. The summed E-state index contributed by atoms with van der Waals surface area (Å²) in [5.41, 5.74) is 2.18. The van der Waals surface area contributed by atoms with Crippen LogP contribution in [0, 0.1) is 5.82 Å². The molecule has 198 valence electrons. The molecule has 2 heterocycles. The SMILES string of the molecule is COc1cc(/C=C/C(=O)N2C3CNCC2CN(Cc2ccc(F)cc2)C3)c(NC(=O)CN(C)C)cc1Cl. The third-order valence-electron chi connectivity index (χ3n) is 6.52. The first-order chi connectivity index (χ1) is 17.7. The molecule has 0 aromatic heterocycles. The van der Waals surface area contributed by atoms with Crippen molar-refractivity contribution in [3.8, 4) is 5.75 Å². The molecule has 10 heteroatoms. The largest absolute Gasteiger partial charge is 0.495 e. The van der Waals surface area contributed by atoms with Crippen LogP contribution in [0.3, 0.4) is 0 Å². The summed E-state index contributed by atoms with van der Waals surface area (Å²) in [5, 5.41) is 6.67. The number of anilines is 1. The number of nitrogens with zero attached hydrogens (tertiary/aromatic N) is 3. The summed E-state index contributed by atoms with van der Waals surface area (Å²) in [6, 6.07) is 9.94. The first kappa shape index (κ1) is 27.1. The Labute approximate surface area is 222 Å². The quantitative estimate of drug-likeness (QED) is 0.512. The van der Waals surface area contributed by atoms with E-state index in [9.17, 15) is 14.0 Å². The summed E-state index contributed by atoms with van der Waals surface area (Å²) < 4.78 is 18.6. The van der Waals surface area contributed by atoms with E-state index < -0.39 is 0 Å². The highest BCUT2D eigenvalue weighted by Gasteiger charge is 2.39. The number of amides is 2. The Bertz CT molecular complexity index is 1140. The van der Waals surface area contributed by atoms with E-state index in [4.69, 9.17) is 16.3 Å². The maximum atomic E-state index is 13.4. The molecule has 2 aromatic rings. The number of benzene rings is 2. The van der Waals surface area contributed by atoms with Crippen LogP contribution in [0.15, 0.2) is 42.5 Å². The van der Waals surface area contributed by atoms with Crippen LogP contribution < -0.4 is 15.4 Å². The van der Waals surface area contributed by atoms with Gasteiger partial charge in [0, 0.05) is 50.1 Å². The Morgan fingerprint density at radius 3 is 2.49 bits per heavy atom. The number of halogens is 2. The van der Waals surface area contributed by atoms with Gasteiger partial charge in [0.05, 0.1) is 30.8 Å². The van der Waals surface area contributed by atoms with Gasteiger partial charge in [-0.3, -0.25) is 14.5 Å². The molecule has 2 aliphatic rings. The Kier molecular flexibility index (Phi) is 8.81. The topological polar surface area (TPSA) is 77.1 Å². The predicted molar refractivity (Wildman–Crippen MR) is 143 cm³/mol. The van der Waals surface area contributed by atoms with Crippen molar-refractivity contribution < 1.29 is 18.7 Å². The van der Waals surface area contributed by atoms with Gasteiger partial charge in [0.15, 0.2) is 0 Å². The van der Waals surface area contributed by atoms with Crippen LogP contribution >= 0.6 is 11.6 Å². The van der Waals surface area contributed by atoms with E-state index in [0.29, 0.717) is 41.7 Å². The molecule has 2 aliphatic heterocycles. The average molecular weight is 530 g/mol. The lowest BCUT2D eigenvalue weighted by atomic mass is 10.0. The molecule has 2 unspecified atom stereocenters. The Balaban J connectivity index is 1.49. The van der Waals surface area contributed by atoms with Crippen LogP contribution in [0.1, 0.15) is 11.1 Å². The van der Waals surface area contributed by atoms with E-state index in [1.54, 1.807) is 41.3 Å².